The Balaban J connectivity index is 2.27. The molecule has 1 aromatic heterocycles. The Kier molecular flexibility index (Phi) is 2.36. The van der Waals surface area contributed by atoms with Crippen molar-refractivity contribution in [3.8, 4) is 0 Å². The van der Waals surface area contributed by atoms with Crippen LogP contribution >= 0.6 is 12.2 Å². The molecule has 3 heteroatoms. The molecule has 1 aliphatic carbocycles. The fourth-order valence-corrected chi connectivity index (χ4v) is 3.17. The van der Waals surface area contributed by atoms with Crippen LogP contribution in [0.5, 0.6) is 0 Å². The van der Waals surface area contributed by atoms with Gasteiger partial charge in [0.05, 0.1) is 11.0 Å². The van der Waals surface area contributed by atoms with Crippen LogP contribution in [0.25, 0.3) is 11.0 Å². The minimum absolute atomic E-state index is 0.614. The average molecular weight is 232 g/mol. The van der Waals surface area contributed by atoms with Crippen molar-refractivity contribution in [3.63, 3.8) is 0 Å². The number of para-hydroxylation sites is 1. The van der Waals surface area contributed by atoms with Crippen LogP contribution in [0.4, 0.5) is 0 Å². The minimum atomic E-state index is 0.614. The molecule has 1 heterocycles. The molecule has 0 saturated heterocycles. The maximum atomic E-state index is 5.46. The van der Waals surface area contributed by atoms with Crippen LogP contribution in [0.1, 0.15) is 37.3 Å². The highest BCUT2D eigenvalue weighted by atomic mass is 32.1. The Morgan fingerprint density at radius 1 is 1.31 bits per heavy atom. The number of aromatic nitrogens is 2. The zero-order valence-corrected chi connectivity index (χ0v) is 10.3. The third kappa shape index (κ3) is 1.42. The number of aromatic amines is 1. The van der Waals surface area contributed by atoms with E-state index in [0.717, 1.165) is 4.77 Å². The van der Waals surface area contributed by atoms with Gasteiger partial charge in [0, 0.05) is 6.04 Å². The predicted octanol–water partition coefficient (Wildman–Crippen LogP) is 4.12. The number of imidazole rings is 1. The SMILES string of the molecule is Cc1cccc2c1[nH]c(=S)n2C1CCCC1. The van der Waals surface area contributed by atoms with Gasteiger partial charge < -0.3 is 9.55 Å². The van der Waals surface area contributed by atoms with Gasteiger partial charge in [0.25, 0.3) is 0 Å². The third-order valence-corrected chi connectivity index (χ3v) is 3.95. The van der Waals surface area contributed by atoms with Crippen LogP contribution in [-0.2, 0) is 0 Å². The Labute approximate surface area is 100 Å². The Bertz CT molecular complexity index is 573. The summed E-state index contributed by atoms with van der Waals surface area (Å²) in [5, 5.41) is 0. The number of hydrogen-bond acceptors (Lipinski definition) is 1. The molecular weight excluding hydrogens is 216 g/mol. The van der Waals surface area contributed by atoms with Gasteiger partial charge in [0.1, 0.15) is 0 Å². The molecule has 0 amide bonds. The first-order valence-corrected chi connectivity index (χ1v) is 6.38. The monoisotopic (exact) mass is 232 g/mol. The molecule has 0 aliphatic heterocycles. The van der Waals surface area contributed by atoms with Crippen LogP contribution < -0.4 is 0 Å². The van der Waals surface area contributed by atoms with Gasteiger partial charge in [-0.15, -0.1) is 0 Å². The molecule has 2 nitrogen and oxygen atoms in total. The summed E-state index contributed by atoms with van der Waals surface area (Å²) in [5.41, 5.74) is 3.76. The molecular formula is C13H16N2S. The molecule has 1 N–H and O–H groups in total. The van der Waals surface area contributed by atoms with Gasteiger partial charge in [0.2, 0.25) is 0 Å². The smallest absolute Gasteiger partial charge is 0.178 e. The van der Waals surface area contributed by atoms with E-state index in [2.05, 4.69) is 34.7 Å². The zero-order chi connectivity index (χ0) is 11.1. The van der Waals surface area contributed by atoms with E-state index >= 15 is 0 Å². The highest BCUT2D eigenvalue weighted by Crippen LogP contribution is 2.33. The van der Waals surface area contributed by atoms with E-state index in [4.69, 9.17) is 12.2 Å². The number of nitrogens with one attached hydrogen (secondary N) is 1. The predicted molar refractivity (Wildman–Crippen MR) is 69.4 cm³/mol. The van der Waals surface area contributed by atoms with Gasteiger partial charge in [0.15, 0.2) is 4.77 Å². The summed E-state index contributed by atoms with van der Waals surface area (Å²) in [6.45, 7) is 2.13. The van der Waals surface area contributed by atoms with Gasteiger partial charge >= 0.3 is 0 Å². The number of hydrogen-bond donors (Lipinski definition) is 1. The van der Waals surface area contributed by atoms with Gasteiger partial charge in [-0.05, 0) is 43.6 Å². The van der Waals surface area contributed by atoms with Crippen molar-refractivity contribution in [2.24, 2.45) is 0 Å². The summed E-state index contributed by atoms with van der Waals surface area (Å²) < 4.78 is 3.21. The second kappa shape index (κ2) is 3.74. The largest absolute Gasteiger partial charge is 0.330 e. The molecule has 1 saturated carbocycles. The lowest BCUT2D eigenvalue weighted by Crippen LogP contribution is -2.04. The molecule has 3 rings (SSSR count). The van der Waals surface area contributed by atoms with Crippen LogP contribution in [0, 0.1) is 11.7 Å². The molecule has 0 spiro atoms. The summed E-state index contributed by atoms with van der Waals surface area (Å²) in [7, 11) is 0. The van der Waals surface area contributed by atoms with Gasteiger partial charge in [-0.3, -0.25) is 0 Å². The van der Waals surface area contributed by atoms with Crippen molar-refractivity contribution in [1.29, 1.82) is 0 Å². The molecule has 0 bridgehead atoms. The van der Waals surface area contributed by atoms with Crippen molar-refractivity contribution < 1.29 is 0 Å². The van der Waals surface area contributed by atoms with Crippen LogP contribution in [0.15, 0.2) is 18.2 Å². The molecule has 1 aliphatic rings. The van der Waals surface area contributed by atoms with Crippen molar-refractivity contribution in [2.45, 2.75) is 38.6 Å². The van der Waals surface area contributed by atoms with Crippen molar-refractivity contribution in [1.82, 2.24) is 9.55 Å². The maximum absolute atomic E-state index is 5.46. The molecule has 2 aromatic rings. The van der Waals surface area contributed by atoms with Crippen LogP contribution in [0.3, 0.4) is 0 Å². The average Bonchev–Trinajstić information content (AvgIpc) is 2.85. The Hall–Kier alpha value is -1.09. The topological polar surface area (TPSA) is 20.7 Å². The van der Waals surface area contributed by atoms with Crippen molar-refractivity contribution >= 4 is 23.3 Å². The normalized spacial score (nSPS) is 17.3. The summed E-state index contributed by atoms with van der Waals surface area (Å²) in [5.74, 6) is 0. The van der Waals surface area contributed by atoms with E-state index in [9.17, 15) is 0 Å². The van der Waals surface area contributed by atoms with Crippen LogP contribution in [0.2, 0.25) is 0 Å². The number of aryl methyl sites for hydroxylation is 1. The van der Waals surface area contributed by atoms with E-state index in [-0.39, 0.29) is 0 Å². The van der Waals surface area contributed by atoms with E-state index in [1.807, 2.05) is 0 Å². The Morgan fingerprint density at radius 2 is 2.06 bits per heavy atom. The fourth-order valence-electron chi connectivity index (χ4n) is 2.82. The van der Waals surface area contributed by atoms with E-state index in [1.54, 1.807) is 0 Å². The maximum Gasteiger partial charge on any atom is 0.178 e. The van der Waals surface area contributed by atoms with Gasteiger partial charge in [-0.25, -0.2) is 0 Å². The first kappa shape index (κ1) is 10.1. The lowest BCUT2D eigenvalue weighted by atomic mass is 10.2. The second-order valence-corrected chi connectivity index (χ2v) is 5.09. The first-order chi connectivity index (χ1) is 7.77. The molecule has 1 aromatic carbocycles. The van der Waals surface area contributed by atoms with Gasteiger partial charge in [-0.2, -0.15) is 0 Å². The lowest BCUT2D eigenvalue weighted by Gasteiger charge is -2.12. The van der Waals surface area contributed by atoms with E-state index in [1.165, 1.54) is 42.3 Å². The number of rotatable bonds is 1. The number of fused-ring (bicyclic) bond motifs is 1. The second-order valence-electron chi connectivity index (χ2n) is 4.71. The molecule has 0 atom stereocenters. The quantitative estimate of drug-likeness (QED) is 0.733. The molecule has 0 unspecified atom stereocenters. The number of H-pyrrole nitrogens is 1. The molecule has 1 fully saturated rings. The standard InChI is InChI=1S/C13H16N2S/c1-9-5-4-8-11-12(9)14-13(16)15(11)10-6-2-3-7-10/h4-5,8,10H,2-3,6-7H2,1H3,(H,14,16). The summed E-state index contributed by atoms with van der Waals surface area (Å²) >= 11 is 5.46. The highest BCUT2D eigenvalue weighted by molar-refractivity contribution is 7.71. The van der Waals surface area contributed by atoms with Gasteiger partial charge in [-0.1, -0.05) is 25.0 Å². The van der Waals surface area contributed by atoms with E-state index < -0.39 is 0 Å². The summed E-state index contributed by atoms with van der Waals surface area (Å²) in [6, 6.07) is 7.04. The first-order valence-electron chi connectivity index (χ1n) is 5.97. The number of benzene rings is 1. The van der Waals surface area contributed by atoms with Crippen molar-refractivity contribution in [3.05, 3.63) is 28.5 Å². The van der Waals surface area contributed by atoms with Crippen molar-refractivity contribution in [2.75, 3.05) is 0 Å². The lowest BCUT2D eigenvalue weighted by molar-refractivity contribution is 0.526. The summed E-state index contributed by atoms with van der Waals surface area (Å²) in [6.07, 6.45) is 5.22. The molecule has 0 radical (unpaired) electrons. The highest BCUT2D eigenvalue weighted by Gasteiger charge is 2.19. The fraction of sp³-hybridized carbons (Fsp3) is 0.462. The molecule has 84 valence electrons. The summed E-state index contributed by atoms with van der Waals surface area (Å²) in [4.78, 5) is 3.35. The third-order valence-electron chi connectivity index (χ3n) is 3.65. The Morgan fingerprint density at radius 3 is 2.81 bits per heavy atom. The minimum Gasteiger partial charge on any atom is -0.330 e. The zero-order valence-electron chi connectivity index (χ0n) is 9.49. The van der Waals surface area contributed by atoms with Crippen LogP contribution in [-0.4, -0.2) is 9.55 Å². The number of nitrogens with zero attached hydrogens (tertiary/aromatic N) is 1. The molecule has 16 heavy (non-hydrogen) atoms. The van der Waals surface area contributed by atoms with E-state index in [0.29, 0.717) is 6.04 Å².